The SMILES string of the molecule is O=C(O)CCC(NC(=O)OCC1c2ccccc2-c2ccccc21)C(=O)Nc1ccsc1. The Bertz CT molecular complexity index is 1080. The number of aliphatic carboxylic acids is 1. The highest BCUT2D eigenvalue weighted by molar-refractivity contribution is 7.08. The maximum Gasteiger partial charge on any atom is 0.407 e. The van der Waals surface area contributed by atoms with Crippen molar-refractivity contribution in [2.75, 3.05) is 11.9 Å². The van der Waals surface area contributed by atoms with Crippen molar-refractivity contribution in [3.63, 3.8) is 0 Å². The maximum atomic E-state index is 12.6. The van der Waals surface area contributed by atoms with Crippen LogP contribution in [0.2, 0.25) is 0 Å². The lowest BCUT2D eigenvalue weighted by atomic mass is 9.98. The number of hydrogen-bond acceptors (Lipinski definition) is 5. The Kier molecular flexibility index (Phi) is 6.51. The summed E-state index contributed by atoms with van der Waals surface area (Å²) in [7, 11) is 0. The zero-order valence-corrected chi connectivity index (χ0v) is 17.9. The molecule has 1 aliphatic carbocycles. The average molecular weight is 451 g/mol. The molecule has 2 aromatic carbocycles. The third-order valence-electron chi connectivity index (χ3n) is 5.39. The molecule has 1 heterocycles. The number of thiophene rings is 1. The fourth-order valence-electron chi connectivity index (χ4n) is 3.88. The molecule has 0 spiro atoms. The minimum absolute atomic E-state index is 0.0461. The van der Waals surface area contributed by atoms with Crippen molar-refractivity contribution in [2.24, 2.45) is 0 Å². The third-order valence-corrected chi connectivity index (χ3v) is 6.07. The van der Waals surface area contributed by atoms with E-state index in [1.807, 2.05) is 48.5 Å². The number of benzene rings is 2. The molecule has 7 nitrogen and oxygen atoms in total. The summed E-state index contributed by atoms with van der Waals surface area (Å²) in [5, 5.41) is 17.8. The van der Waals surface area contributed by atoms with Crippen LogP contribution >= 0.6 is 11.3 Å². The number of fused-ring (bicyclic) bond motifs is 3. The minimum Gasteiger partial charge on any atom is -0.481 e. The topological polar surface area (TPSA) is 105 Å². The Hall–Kier alpha value is -3.65. The van der Waals surface area contributed by atoms with Crippen LogP contribution in [0.4, 0.5) is 10.5 Å². The summed E-state index contributed by atoms with van der Waals surface area (Å²) >= 11 is 1.42. The molecular formula is C24H22N2O5S. The Labute approximate surface area is 189 Å². The van der Waals surface area contributed by atoms with Gasteiger partial charge in [-0.2, -0.15) is 11.3 Å². The second-order valence-corrected chi connectivity index (χ2v) is 8.24. The molecule has 1 atom stereocenters. The van der Waals surface area contributed by atoms with E-state index < -0.39 is 24.0 Å². The highest BCUT2D eigenvalue weighted by Gasteiger charge is 2.30. The fraction of sp³-hybridized carbons (Fsp3) is 0.208. The van der Waals surface area contributed by atoms with Crippen molar-refractivity contribution in [3.05, 3.63) is 76.5 Å². The Morgan fingerprint density at radius 1 is 1.00 bits per heavy atom. The van der Waals surface area contributed by atoms with E-state index in [1.54, 1.807) is 16.8 Å². The van der Waals surface area contributed by atoms with Crippen LogP contribution in [0.15, 0.2) is 65.4 Å². The van der Waals surface area contributed by atoms with Crippen LogP contribution in [0.25, 0.3) is 11.1 Å². The Morgan fingerprint density at radius 3 is 2.25 bits per heavy atom. The number of anilines is 1. The van der Waals surface area contributed by atoms with Crippen molar-refractivity contribution >= 4 is 35.0 Å². The first-order chi connectivity index (χ1) is 15.5. The summed E-state index contributed by atoms with van der Waals surface area (Å²) in [6.07, 6.45) is -1.07. The van der Waals surface area contributed by atoms with E-state index in [2.05, 4.69) is 10.6 Å². The zero-order valence-electron chi connectivity index (χ0n) is 17.1. The molecule has 3 N–H and O–H groups in total. The number of carbonyl (C=O) groups excluding carboxylic acids is 2. The zero-order chi connectivity index (χ0) is 22.5. The van der Waals surface area contributed by atoms with Crippen LogP contribution in [0.3, 0.4) is 0 Å². The van der Waals surface area contributed by atoms with E-state index in [-0.39, 0.29) is 25.4 Å². The quantitative estimate of drug-likeness (QED) is 0.470. The molecule has 1 unspecified atom stereocenters. The van der Waals surface area contributed by atoms with E-state index in [9.17, 15) is 14.4 Å². The average Bonchev–Trinajstić information content (AvgIpc) is 3.41. The first kappa shape index (κ1) is 21.6. The van der Waals surface area contributed by atoms with Crippen molar-refractivity contribution in [3.8, 4) is 11.1 Å². The molecule has 1 aromatic heterocycles. The van der Waals surface area contributed by atoms with Crippen LogP contribution < -0.4 is 10.6 Å². The minimum atomic E-state index is -1.05. The summed E-state index contributed by atoms with van der Waals surface area (Å²) in [6.45, 7) is 0.109. The number of amides is 2. The van der Waals surface area contributed by atoms with Gasteiger partial charge in [-0.25, -0.2) is 4.79 Å². The molecule has 4 rings (SSSR count). The largest absolute Gasteiger partial charge is 0.481 e. The molecule has 0 aliphatic heterocycles. The molecule has 0 radical (unpaired) electrons. The van der Waals surface area contributed by atoms with Crippen molar-refractivity contribution in [1.82, 2.24) is 5.32 Å². The van der Waals surface area contributed by atoms with Gasteiger partial charge < -0.3 is 20.5 Å². The van der Waals surface area contributed by atoms with Crippen molar-refractivity contribution in [1.29, 1.82) is 0 Å². The van der Waals surface area contributed by atoms with Gasteiger partial charge in [-0.05, 0) is 40.1 Å². The van der Waals surface area contributed by atoms with Gasteiger partial charge in [0.2, 0.25) is 5.91 Å². The molecule has 1 aliphatic rings. The van der Waals surface area contributed by atoms with Gasteiger partial charge in [0.25, 0.3) is 0 Å². The van der Waals surface area contributed by atoms with Gasteiger partial charge in [0.05, 0.1) is 5.69 Å². The Balaban J connectivity index is 1.42. The summed E-state index contributed by atoms with van der Waals surface area (Å²) in [4.78, 5) is 36.1. The molecule has 0 fully saturated rings. The van der Waals surface area contributed by atoms with Gasteiger partial charge in [0.1, 0.15) is 12.6 Å². The van der Waals surface area contributed by atoms with Crippen molar-refractivity contribution in [2.45, 2.75) is 24.8 Å². The van der Waals surface area contributed by atoms with Crippen LogP contribution in [-0.4, -0.2) is 35.7 Å². The molecule has 0 saturated carbocycles. The van der Waals surface area contributed by atoms with Gasteiger partial charge in [0.15, 0.2) is 0 Å². The first-order valence-corrected chi connectivity index (χ1v) is 11.1. The van der Waals surface area contributed by atoms with Crippen molar-refractivity contribution < 1.29 is 24.2 Å². The van der Waals surface area contributed by atoms with Crippen LogP contribution in [0, 0.1) is 0 Å². The smallest absolute Gasteiger partial charge is 0.407 e. The fourth-order valence-corrected chi connectivity index (χ4v) is 4.47. The number of rotatable bonds is 8. The summed E-state index contributed by atoms with van der Waals surface area (Å²) in [5.41, 5.74) is 4.99. The lowest BCUT2D eigenvalue weighted by Crippen LogP contribution is -2.44. The number of carboxylic acid groups (broad SMARTS) is 1. The highest BCUT2D eigenvalue weighted by Crippen LogP contribution is 2.44. The third kappa shape index (κ3) is 4.81. The van der Waals surface area contributed by atoms with Crippen LogP contribution in [0.5, 0.6) is 0 Å². The predicted molar refractivity (Wildman–Crippen MR) is 122 cm³/mol. The summed E-state index contributed by atoms with van der Waals surface area (Å²) < 4.78 is 5.49. The molecule has 32 heavy (non-hydrogen) atoms. The van der Waals surface area contributed by atoms with E-state index in [0.717, 1.165) is 22.3 Å². The lowest BCUT2D eigenvalue weighted by molar-refractivity contribution is -0.137. The van der Waals surface area contributed by atoms with Gasteiger partial charge >= 0.3 is 12.1 Å². The van der Waals surface area contributed by atoms with Crippen LogP contribution in [0.1, 0.15) is 29.9 Å². The van der Waals surface area contributed by atoms with Crippen LogP contribution in [-0.2, 0) is 14.3 Å². The normalized spacial score (nSPS) is 13.0. The number of nitrogens with one attached hydrogen (secondary N) is 2. The van der Waals surface area contributed by atoms with Gasteiger partial charge in [-0.3, -0.25) is 9.59 Å². The number of hydrogen-bond donors (Lipinski definition) is 3. The number of carboxylic acids is 1. The van der Waals surface area contributed by atoms with Gasteiger partial charge in [-0.15, -0.1) is 0 Å². The maximum absolute atomic E-state index is 12.6. The lowest BCUT2D eigenvalue weighted by Gasteiger charge is -2.19. The molecule has 8 heteroatoms. The van der Waals surface area contributed by atoms with E-state index in [4.69, 9.17) is 9.84 Å². The highest BCUT2D eigenvalue weighted by atomic mass is 32.1. The molecule has 164 valence electrons. The van der Waals surface area contributed by atoms with Gasteiger partial charge in [-0.1, -0.05) is 48.5 Å². The van der Waals surface area contributed by atoms with E-state index >= 15 is 0 Å². The molecular weight excluding hydrogens is 428 g/mol. The number of carbonyl (C=O) groups is 3. The predicted octanol–water partition coefficient (Wildman–Crippen LogP) is 4.46. The Morgan fingerprint density at radius 2 is 1.66 bits per heavy atom. The van der Waals surface area contributed by atoms with Gasteiger partial charge in [0, 0.05) is 17.7 Å². The molecule has 0 saturated heterocycles. The standard InChI is InChI=1S/C24H22N2O5S/c27-22(28)10-9-21(23(29)25-15-11-12-32-14-15)26-24(30)31-13-20-18-7-3-1-5-16(18)17-6-2-4-8-19(17)20/h1-8,11-12,14,20-21H,9-10,13H2,(H,25,29)(H,26,30)(H,27,28). The second-order valence-electron chi connectivity index (χ2n) is 7.46. The second kappa shape index (κ2) is 9.65. The molecule has 3 aromatic rings. The summed E-state index contributed by atoms with van der Waals surface area (Å²) in [6, 6.07) is 16.7. The first-order valence-electron chi connectivity index (χ1n) is 10.2. The number of ether oxygens (including phenoxy) is 1. The monoisotopic (exact) mass is 450 g/mol. The van der Waals surface area contributed by atoms with E-state index in [1.165, 1.54) is 11.3 Å². The van der Waals surface area contributed by atoms with E-state index in [0.29, 0.717) is 5.69 Å². The number of alkyl carbamates (subject to hydrolysis) is 1. The summed E-state index contributed by atoms with van der Waals surface area (Å²) in [5.74, 6) is -1.64. The molecule has 0 bridgehead atoms. The molecule has 2 amide bonds.